The van der Waals surface area contributed by atoms with Crippen LogP contribution in [0.3, 0.4) is 0 Å². The highest BCUT2D eigenvalue weighted by Crippen LogP contribution is 2.25. The molecule has 0 spiro atoms. The summed E-state index contributed by atoms with van der Waals surface area (Å²) in [5, 5.41) is 77.4. The van der Waals surface area contributed by atoms with Gasteiger partial charge in [0.1, 0.15) is 101 Å². The van der Waals surface area contributed by atoms with Crippen LogP contribution in [0.4, 0.5) is 4.39 Å². The number of carbonyl (C=O) groups is 15. The average molecular weight is 1720 g/mol. The molecule has 0 saturated carbocycles. The normalized spacial score (nSPS) is 14.1. The molecule has 0 aliphatic rings. The maximum Gasteiger partial charge on any atom is 0.247 e. The van der Waals surface area contributed by atoms with Crippen molar-refractivity contribution in [3.8, 4) is 11.5 Å². The van der Waals surface area contributed by atoms with Gasteiger partial charge in [0, 0.05) is 71.5 Å². The number of amides is 15. The second kappa shape index (κ2) is 45.6. The molecule has 12 atom stereocenters. The summed E-state index contributed by atoms with van der Waals surface area (Å²) in [4.78, 5) is 222. The average Bonchev–Trinajstić information content (AvgIpc) is 1.38. The van der Waals surface area contributed by atoms with Gasteiger partial charge in [-0.15, -0.1) is 5.10 Å². The van der Waals surface area contributed by atoms with Crippen LogP contribution in [0, 0.1) is 11.2 Å². The molecule has 0 radical (unpaired) electrons. The van der Waals surface area contributed by atoms with E-state index in [2.05, 4.69) is 85.3 Å². The highest BCUT2D eigenvalue weighted by molar-refractivity contribution is 6.01. The number of hydrogen-bond acceptors (Lipinski definition) is 22. The van der Waals surface area contributed by atoms with Crippen LogP contribution in [0.1, 0.15) is 101 Å². The number of aliphatic hydroxyl groups excluding tert-OH is 2. The molecular formula is C84H107FN20O19. The number of fused-ring (bicyclic) bond motifs is 1. The van der Waals surface area contributed by atoms with E-state index in [1.165, 1.54) is 127 Å². The number of likely N-dealkylation sites (N-methyl/N-ethyl adjacent to an activating group) is 3. The van der Waals surface area contributed by atoms with Gasteiger partial charge in [0.2, 0.25) is 88.6 Å². The van der Waals surface area contributed by atoms with Crippen LogP contribution in [0.15, 0.2) is 147 Å². The highest BCUT2D eigenvalue weighted by atomic mass is 19.1. The lowest BCUT2D eigenvalue weighted by Crippen LogP contribution is -2.62. The number of primary amides is 1. The second-order valence-electron chi connectivity index (χ2n) is 30.8. The molecule has 0 bridgehead atoms. The molecular weight excluding hydrogens is 1610 g/mol. The van der Waals surface area contributed by atoms with Crippen molar-refractivity contribution in [1.82, 2.24) is 98.1 Å². The van der Waals surface area contributed by atoms with Gasteiger partial charge in [0.15, 0.2) is 0 Å². The Morgan fingerprint density at radius 1 is 0.581 bits per heavy atom. The molecule has 3 aromatic heterocycles. The lowest BCUT2D eigenvalue weighted by molar-refractivity contribution is -0.147. The molecule has 4 aromatic carbocycles. The van der Waals surface area contributed by atoms with Gasteiger partial charge in [-0.1, -0.05) is 113 Å². The Hall–Kier alpha value is -14.1. The predicted molar refractivity (Wildman–Crippen MR) is 446 cm³/mol. The summed E-state index contributed by atoms with van der Waals surface area (Å²) in [6.45, 7) is 10.5. The fraction of sp³-hybridized carbons (Fsp3) is 0.405. The molecule has 18 N–H and O–H groups in total. The first kappa shape index (κ1) is 97.1. The van der Waals surface area contributed by atoms with Gasteiger partial charge in [0.25, 0.3) is 0 Å². The first-order valence-corrected chi connectivity index (χ1v) is 39.6. The van der Waals surface area contributed by atoms with E-state index >= 15 is 24.0 Å². The van der Waals surface area contributed by atoms with Gasteiger partial charge < -0.3 is 104 Å². The molecule has 0 saturated heterocycles. The smallest absolute Gasteiger partial charge is 0.247 e. The highest BCUT2D eigenvalue weighted by Gasteiger charge is 2.42. The van der Waals surface area contributed by atoms with Crippen LogP contribution >= 0.6 is 0 Å². The zero-order valence-electron chi connectivity index (χ0n) is 70.2. The number of benzene rings is 4. The van der Waals surface area contributed by atoms with E-state index < -0.39 is 199 Å². The van der Waals surface area contributed by atoms with Crippen LogP contribution < -0.4 is 64.2 Å². The Bertz CT molecular complexity index is 4950. The Morgan fingerprint density at radius 3 is 1.71 bits per heavy atom. The monoisotopic (exact) mass is 1720 g/mol. The number of phenolic OH excluding ortho intramolecular Hbond substituents is 2. The Balaban J connectivity index is 1.16. The van der Waals surface area contributed by atoms with E-state index in [0.717, 1.165) is 37.6 Å². The maximum atomic E-state index is 15.5. The third-order valence-electron chi connectivity index (χ3n) is 20.1. The van der Waals surface area contributed by atoms with Gasteiger partial charge in [0.05, 0.1) is 39.0 Å². The number of aromatic hydroxyl groups is 2. The van der Waals surface area contributed by atoms with Crippen LogP contribution in [0.25, 0.3) is 11.0 Å². The number of halogens is 1. The van der Waals surface area contributed by atoms with Crippen molar-refractivity contribution in [2.75, 3.05) is 40.9 Å². The zero-order chi connectivity index (χ0) is 91.4. The van der Waals surface area contributed by atoms with Crippen LogP contribution in [0.5, 0.6) is 11.5 Å². The van der Waals surface area contributed by atoms with Gasteiger partial charge >= 0.3 is 0 Å². The molecule has 664 valence electrons. The van der Waals surface area contributed by atoms with E-state index in [0.29, 0.717) is 39.7 Å². The number of nitrogens with two attached hydrogens (primary N) is 1. The van der Waals surface area contributed by atoms with Crippen molar-refractivity contribution in [3.63, 3.8) is 0 Å². The molecule has 124 heavy (non-hydrogen) atoms. The summed E-state index contributed by atoms with van der Waals surface area (Å²) >= 11 is 0. The standard InChI is InChI=1S/C84H107FN20O19/c1-12-18-59(91-48(5)108)75(116)97-65(45-107)78(119)93-60(35-49-24-30-56(109)31-25-49)77(118)99-70(84(6,7)8)80(121)90-46(3)73(114)96-63(42-105-41-55(100-101-105)40-88-67(111)13-2)82(123)103(10)47(4)74(115)98-69(52-19-15-14-16-20-52)79(120)94-61(38-53-39-89-72-58(53)21-17-34-87-72)76(117)95-62(36-50-26-32-57(110)33-27-50)81(122)104(11)66(37-51-22-28-54(85)29-23-51)83(124)102(9)43-68(112)92-64(44-106)71(86)113/h13-17,19-34,39,41,46-47,59-66,69-70,106-107,109-110H,2,12,18,35-38,40,42-45H2,1,3-11H3,(H2,86,113)(H,87,89)(H,88,111)(H,90,121)(H,91,108)(H,92,112)(H,93,119)(H,94,120)(H,95,117)(H,96,114)(H,97,116)(H,98,115)(H,99,118)/t46-,47-,59-,60-,61-,62-,63-,64-,65-,66-,69-,70+/m0/s1. The first-order chi connectivity index (χ1) is 58.7. The number of nitrogens with zero attached hydrogens (tertiary/aromatic N) is 7. The van der Waals surface area contributed by atoms with Crippen molar-refractivity contribution in [1.29, 1.82) is 0 Å². The predicted octanol–water partition coefficient (Wildman–Crippen LogP) is -1.81. The minimum absolute atomic E-state index is 0.126. The van der Waals surface area contributed by atoms with Crippen LogP contribution in [0.2, 0.25) is 0 Å². The Kier molecular flexibility index (Phi) is 35.7. The molecule has 7 rings (SSSR count). The van der Waals surface area contributed by atoms with Gasteiger partial charge in [-0.05, 0) is 108 Å². The van der Waals surface area contributed by atoms with Gasteiger partial charge in [-0.3, -0.25) is 71.9 Å². The lowest BCUT2D eigenvalue weighted by Gasteiger charge is -2.34. The van der Waals surface area contributed by atoms with Crippen molar-refractivity contribution in [2.24, 2.45) is 11.1 Å². The van der Waals surface area contributed by atoms with Crippen molar-refractivity contribution < 1.29 is 96.7 Å². The van der Waals surface area contributed by atoms with Crippen LogP contribution in [-0.4, -0.2) is 256 Å². The summed E-state index contributed by atoms with van der Waals surface area (Å²) in [5.41, 5.74) is 6.38. The largest absolute Gasteiger partial charge is 0.508 e. The fourth-order valence-corrected chi connectivity index (χ4v) is 13.0. The number of carbonyl (C=O) groups excluding carboxylic acids is 15. The summed E-state index contributed by atoms with van der Waals surface area (Å²) in [6, 6.07) is 8.53. The van der Waals surface area contributed by atoms with Crippen molar-refractivity contribution in [2.45, 2.75) is 173 Å². The molecule has 7 aromatic rings. The maximum absolute atomic E-state index is 15.5. The number of aromatic nitrogens is 5. The van der Waals surface area contributed by atoms with Crippen molar-refractivity contribution in [3.05, 3.63) is 186 Å². The Labute approximate surface area is 713 Å². The number of aromatic amines is 1. The number of phenols is 2. The molecule has 0 unspecified atom stereocenters. The summed E-state index contributed by atoms with van der Waals surface area (Å²) in [6.07, 6.45) is 4.81. The quantitative estimate of drug-likeness (QED) is 0.0187. The zero-order valence-corrected chi connectivity index (χ0v) is 70.2. The molecule has 15 amide bonds. The number of nitrogens with one attached hydrogen (secondary N) is 12. The number of rotatable bonds is 44. The fourth-order valence-electron chi connectivity index (χ4n) is 13.0. The molecule has 0 aliphatic heterocycles. The number of hydrogen-bond donors (Lipinski definition) is 17. The first-order valence-electron chi connectivity index (χ1n) is 39.6. The molecule has 0 fully saturated rings. The number of pyridine rings is 1. The topological polar surface area (TPSA) is 564 Å². The lowest BCUT2D eigenvalue weighted by atomic mass is 9.85. The second-order valence-corrected chi connectivity index (χ2v) is 30.8. The minimum atomic E-state index is -1.71. The van der Waals surface area contributed by atoms with E-state index in [9.17, 15) is 72.8 Å². The van der Waals surface area contributed by atoms with E-state index in [1.54, 1.807) is 64.2 Å². The third kappa shape index (κ3) is 28.3. The SMILES string of the molecule is C=CC(=O)NCc1cn(C[C@H](NC(=O)[C@H](C)NC(=O)[C@@H](NC(=O)[C@H](Cc2ccc(O)cc2)NC(=O)[C@H](CO)NC(=O)[C@H](CCC)NC(C)=O)C(C)(C)C)C(=O)N(C)[C@@H](C)C(=O)N[C@H](C(=O)N[C@@H](Cc2c[nH]c3ncccc23)C(=O)N[C@@H](Cc2ccc(O)cc2)C(=O)N(C)[C@@H](Cc2ccc(F)cc2)C(=O)N(C)CC(=O)N[C@@H](CO)C(N)=O)c2ccccc2)nn1. The summed E-state index contributed by atoms with van der Waals surface area (Å²) in [7, 11) is 3.68. The molecule has 3 heterocycles. The van der Waals surface area contributed by atoms with Crippen LogP contribution in [-0.2, 0) is 111 Å². The Morgan fingerprint density at radius 2 is 1.12 bits per heavy atom. The van der Waals surface area contributed by atoms with E-state index in [4.69, 9.17) is 5.73 Å². The van der Waals surface area contributed by atoms with Gasteiger partial charge in [-0.25, -0.2) is 14.1 Å². The molecule has 39 nitrogen and oxygen atoms in total. The summed E-state index contributed by atoms with van der Waals surface area (Å²) in [5.74, 6) is -14.5. The van der Waals surface area contributed by atoms with E-state index in [1.807, 2.05) is 0 Å². The number of H-pyrrole nitrogens is 1. The van der Waals surface area contributed by atoms with Crippen molar-refractivity contribution >= 4 is 99.6 Å². The summed E-state index contributed by atoms with van der Waals surface area (Å²) < 4.78 is 15.5. The van der Waals surface area contributed by atoms with Gasteiger partial charge in [-0.2, -0.15) is 0 Å². The molecule has 40 heteroatoms. The van der Waals surface area contributed by atoms with E-state index in [-0.39, 0.29) is 61.4 Å². The minimum Gasteiger partial charge on any atom is -0.508 e. The molecule has 0 aliphatic carbocycles. The number of aliphatic hydroxyl groups is 2. The third-order valence-corrected chi connectivity index (χ3v) is 20.1.